The molecule has 0 amide bonds. The lowest BCUT2D eigenvalue weighted by atomic mass is 9.48. The molecule has 1 aliphatic heterocycles. The van der Waals surface area contributed by atoms with Gasteiger partial charge in [0.05, 0.1) is 0 Å². The minimum absolute atomic E-state index is 0.0124. The molecule has 0 aromatic carbocycles. The van der Waals surface area contributed by atoms with Crippen LogP contribution < -0.4 is 0 Å². The fourth-order valence-corrected chi connectivity index (χ4v) is 5.51. The second-order valence-electron chi connectivity index (χ2n) is 6.96. The van der Waals surface area contributed by atoms with Crippen molar-refractivity contribution >= 4 is 5.97 Å². The van der Waals surface area contributed by atoms with Gasteiger partial charge in [-0.25, -0.2) is 4.79 Å². The summed E-state index contributed by atoms with van der Waals surface area (Å²) in [6.45, 7) is 0. The van der Waals surface area contributed by atoms with Crippen LogP contribution in [0.2, 0.25) is 0 Å². The van der Waals surface area contributed by atoms with E-state index in [4.69, 9.17) is 4.74 Å². The minimum Gasteiger partial charge on any atom is -0.460 e. The summed E-state index contributed by atoms with van der Waals surface area (Å²) in [4.78, 5) is 11.4. The number of esters is 1. The number of ether oxygens (including phenoxy) is 1. The normalized spacial score (nSPS) is 56.3. The zero-order valence-electron chi connectivity index (χ0n) is 10.1. The summed E-state index contributed by atoms with van der Waals surface area (Å²) in [6.07, 6.45) is 7.64. The van der Waals surface area contributed by atoms with E-state index in [-0.39, 0.29) is 17.5 Å². The Hall–Kier alpha value is -0.570. The van der Waals surface area contributed by atoms with E-state index in [0.717, 1.165) is 17.8 Å². The zero-order chi connectivity index (χ0) is 11.6. The highest BCUT2D eigenvalue weighted by Gasteiger charge is 2.57. The molecule has 3 nitrogen and oxygen atoms in total. The van der Waals surface area contributed by atoms with Crippen molar-refractivity contribution in [2.24, 2.45) is 23.2 Å². The van der Waals surface area contributed by atoms with Crippen molar-refractivity contribution in [3.05, 3.63) is 0 Å². The molecule has 2 atom stereocenters. The summed E-state index contributed by atoms with van der Waals surface area (Å²) in [5.74, 6) is 2.24. The minimum atomic E-state index is -0.854. The molecule has 4 aliphatic carbocycles. The molecule has 0 radical (unpaired) electrons. The quantitative estimate of drug-likeness (QED) is 0.707. The maximum atomic E-state index is 11.4. The first-order chi connectivity index (χ1) is 8.14. The highest BCUT2D eigenvalue weighted by molar-refractivity contribution is 5.76. The molecule has 1 N–H and O–H groups in total. The smallest absolute Gasteiger partial charge is 0.335 e. The van der Waals surface area contributed by atoms with Crippen LogP contribution in [0.25, 0.3) is 0 Å². The molecule has 5 rings (SSSR count). The highest BCUT2D eigenvalue weighted by atomic mass is 16.6. The van der Waals surface area contributed by atoms with Gasteiger partial charge in [0.25, 0.3) is 0 Å². The maximum Gasteiger partial charge on any atom is 0.335 e. The third-order valence-electron chi connectivity index (χ3n) is 5.74. The van der Waals surface area contributed by atoms with Crippen molar-refractivity contribution in [1.29, 1.82) is 0 Å². The Morgan fingerprint density at radius 2 is 1.53 bits per heavy atom. The van der Waals surface area contributed by atoms with Gasteiger partial charge in [0, 0.05) is 11.8 Å². The van der Waals surface area contributed by atoms with Gasteiger partial charge in [-0.3, -0.25) is 0 Å². The average molecular weight is 236 g/mol. The van der Waals surface area contributed by atoms with Crippen LogP contribution in [0.5, 0.6) is 0 Å². The summed E-state index contributed by atoms with van der Waals surface area (Å²) >= 11 is 0. The van der Waals surface area contributed by atoms with E-state index in [2.05, 4.69) is 0 Å². The first kappa shape index (κ1) is 10.4. The molecule has 5 fully saturated rings. The molecule has 4 bridgehead atoms. The van der Waals surface area contributed by atoms with Crippen LogP contribution >= 0.6 is 0 Å². The lowest BCUT2D eigenvalue weighted by Crippen LogP contribution is -2.51. The Balaban J connectivity index is 1.62. The second-order valence-corrected chi connectivity index (χ2v) is 6.96. The highest BCUT2D eigenvalue weighted by Crippen LogP contribution is 2.62. The van der Waals surface area contributed by atoms with Gasteiger partial charge in [0.1, 0.15) is 6.10 Å². The van der Waals surface area contributed by atoms with Crippen LogP contribution in [0.4, 0.5) is 0 Å². The van der Waals surface area contributed by atoms with Crippen LogP contribution in [-0.4, -0.2) is 23.3 Å². The van der Waals surface area contributed by atoms with Gasteiger partial charge in [-0.15, -0.1) is 0 Å². The number of rotatable bonds is 1. The monoisotopic (exact) mass is 236 g/mol. The Kier molecular flexibility index (Phi) is 1.98. The molecule has 1 saturated heterocycles. The number of aliphatic hydroxyl groups excluding tert-OH is 1. The number of carbonyl (C=O) groups is 1. The number of hydrogen-bond donors (Lipinski definition) is 1. The van der Waals surface area contributed by atoms with Gasteiger partial charge in [0.2, 0.25) is 0 Å². The number of aliphatic hydroxyl groups is 1. The topological polar surface area (TPSA) is 46.5 Å². The van der Waals surface area contributed by atoms with Crippen molar-refractivity contribution in [2.75, 3.05) is 0 Å². The summed E-state index contributed by atoms with van der Waals surface area (Å²) < 4.78 is 5.47. The van der Waals surface area contributed by atoms with Crippen molar-refractivity contribution in [2.45, 2.75) is 57.2 Å². The van der Waals surface area contributed by atoms with Gasteiger partial charge >= 0.3 is 5.97 Å². The molecule has 17 heavy (non-hydrogen) atoms. The second kappa shape index (κ2) is 3.25. The molecular formula is C14H20O3. The first-order valence-corrected chi connectivity index (χ1v) is 7.03. The van der Waals surface area contributed by atoms with E-state index in [1.165, 1.54) is 38.5 Å². The van der Waals surface area contributed by atoms with Gasteiger partial charge < -0.3 is 9.84 Å². The summed E-state index contributed by atoms with van der Waals surface area (Å²) in [5.41, 5.74) is 0.238. The summed E-state index contributed by atoms with van der Waals surface area (Å²) in [7, 11) is 0. The van der Waals surface area contributed by atoms with E-state index >= 15 is 0 Å². The van der Waals surface area contributed by atoms with Gasteiger partial charge in [-0.2, -0.15) is 0 Å². The standard InChI is InChI=1S/C14H20O3/c15-11-4-12(17-13(11)16)14-5-8-1-9(6-14)3-10(2-8)7-14/h8-12,15H,1-7H2. The van der Waals surface area contributed by atoms with Crippen LogP contribution in [0, 0.1) is 23.2 Å². The predicted octanol–water partition coefficient (Wildman–Crippen LogP) is 1.88. The van der Waals surface area contributed by atoms with Gasteiger partial charge in [-0.1, -0.05) is 0 Å². The molecule has 0 aromatic heterocycles. The van der Waals surface area contributed by atoms with Crippen LogP contribution in [0.3, 0.4) is 0 Å². The predicted molar refractivity (Wildman–Crippen MR) is 61.1 cm³/mol. The molecule has 5 aliphatic rings. The zero-order valence-corrected chi connectivity index (χ0v) is 10.1. The summed E-state index contributed by atoms with van der Waals surface area (Å²) in [6, 6.07) is 0. The van der Waals surface area contributed by atoms with Gasteiger partial charge in [-0.05, 0) is 56.3 Å². The van der Waals surface area contributed by atoms with E-state index in [1.807, 2.05) is 0 Å². The van der Waals surface area contributed by atoms with Crippen molar-refractivity contribution in [1.82, 2.24) is 0 Å². The molecule has 2 unspecified atom stereocenters. The van der Waals surface area contributed by atoms with Crippen LogP contribution in [0.15, 0.2) is 0 Å². The van der Waals surface area contributed by atoms with Crippen molar-refractivity contribution in [3.8, 4) is 0 Å². The van der Waals surface area contributed by atoms with Crippen molar-refractivity contribution in [3.63, 3.8) is 0 Å². The fraction of sp³-hybridized carbons (Fsp3) is 0.929. The van der Waals surface area contributed by atoms with Gasteiger partial charge in [0.15, 0.2) is 6.10 Å². The number of cyclic esters (lactones) is 1. The molecule has 1 heterocycles. The van der Waals surface area contributed by atoms with Crippen molar-refractivity contribution < 1.29 is 14.6 Å². The molecule has 94 valence electrons. The Morgan fingerprint density at radius 1 is 1.00 bits per heavy atom. The molecule has 4 saturated carbocycles. The third-order valence-corrected chi connectivity index (χ3v) is 5.74. The maximum absolute atomic E-state index is 11.4. The van der Waals surface area contributed by atoms with E-state index < -0.39 is 6.10 Å². The third kappa shape index (κ3) is 1.41. The molecule has 0 aromatic rings. The average Bonchev–Trinajstić information content (AvgIpc) is 2.58. The molecule has 3 heteroatoms. The van der Waals surface area contributed by atoms with Crippen LogP contribution in [-0.2, 0) is 9.53 Å². The van der Waals surface area contributed by atoms with Crippen LogP contribution in [0.1, 0.15) is 44.9 Å². The van der Waals surface area contributed by atoms with E-state index in [1.54, 1.807) is 0 Å². The Morgan fingerprint density at radius 3 is 1.94 bits per heavy atom. The summed E-state index contributed by atoms with van der Waals surface area (Å²) in [5, 5.41) is 9.60. The lowest BCUT2D eigenvalue weighted by molar-refractivity contribution is -0.162. The fourth-order valence-electron chi connectivity index (χ4n) is 5.51. The lowest BCUT2D eigenvalue weighted by Gasteiger charge is -2.58. The largest absolute Gasteiger partial charge is 0.460 e. The Bertz CT molecular complexity index is 327. The number of carbonyl (C=O) groups excluding carboxylic acids is 1. The SMILES string of the molecule is O=C1OC(C23CC4CC(CC(C4)C2)C3)CC1O. The van der Waals surface area contributed by atoms with E-state index in [9.17, 15) is 9.90 Å². The molecule has 0 spiro atoms. The van der Waals surface area contributed by atoms with E-state index in [0.29, 0.717) is 6.42 Å². The molecular weight excluding hydrogens is 216 g/mol. The Labute approximate surface area is 102 Å². The first-order valence-electron chi connectivity index (χ1n) is 7.03. The number of hydrogen-bond acceptors (Lipinski definition) is 3.